The van der Waals surface area contributed by atoms with E-state index in [9.17, 15) is 8.42 Å². The molecule has 0 radical (unpaired) electrons. The van der Waals surface area contributed by atoms with Crippen LogP contribution < -0.4 is 5.14 Å². The molecular formula is C13H18N4O2S. The number of hydrogen-bond donors (Lipinski definition) is 1. The first kappa shape index (κ1) is 14.7. The van der Waals surface area contributed by atoms with Crippen LogP contribution in [0.4, 0.5) is 0 Å². The molecule has 0 fully saturated rings. The van der Waals surface area contributed by atoms with E-state index < -0.39 is 10.0 Å². The van der Waals surface area contributed by atoms with Crippen molar-refractivity contribution in [1.82, 2.24) is 14.8 Å². The molecule has 6 nitrogen and oxygen atoms in total. The molecule has 0 saturated carbocycles. The van der Waals surface area contributed by atoms with Crippen molar-refractivity contribution in [1.29, 1.82) is 0 Å². The summed E-state index contributed by atoms with van der Waals surface area (Å²) in [5.74, 6) is 0.765. The van der Waals surface area contributed by atoms with Crippen LogP contribution >= 0.6 is 0 Å². The van der Waals surface area contributed by atoms with Crippen molar-refractivity contribution in [3.05, 3.63) is 29.8 Å². The molecule has 0 amide bonds. The second-order valence-corrected chi connectivity index (χ2v) is 6.68. The summed E-state index contributed by atoms with van der Waals surface area (Å²) in [4.78, 5) is 0. The minimum Gasteiger partial charge on any atom is -0.296 e. The van der Waals surface area contributed by atoms with E-state index in [1.807, 2.05) is 45.0 Å². The normalized spacial score (nSPS) is 12.1. The monoisotopic (exact) mass is 294 g/mol. The van der Waals surface area contributed by atoms with Gasteiger partial charge in [-0.05, 0) is 18.9 Å². The Morgan fingerprint density at radius 2 is 2.00 bits per heavy atom. The van der Waals surface area contributed by atoms with Gasteiger partial charge in [0.1, 0.15) is 0 Å². The highest BCUT2D eigenvalue weighted by molar-refractivity contribution is 7.89. The number of hydrogen-bond acceptors (Lipinski definition) is 4. The Bertz CT molecular complexity index is 720. The molecule has 0 aliphatic carbocycles. The average Bonchev–Trinajstić information content (AvgIpc) is 2.71. The van der Waals surface area contributed by atoms with Crippen LogP contribution in [0.25, 0.3) is 11.4 Å². The molecule has 0 bridgehead atoms. The first-order valence-corrected chi connectivity index (χ1v) is 7.86. The predicted molar refractivity (Wildman–Crippen MR) is 76.4 cm³/mol. The molecule has 0 saturated heterocycles. The molecule has 2 rings (SSSR count). The number of aromatic nitrogens is 3. The van der Waals surface area contributed by atoms with E-state index in [4.69, 9.17) is 5.14 Å². The summed E-state index contributed by atoms with van der Waals surface area (Å²) in [7, 11) is -3.89. The van der Waals surface area contributed by atoms with Crippen LogP contribution in [-0.4, -0.2) is 23.2 Å². The van der Waals surface area contributed by atoms with E-state index in [1.54, 1.807) is 4.57 Å². The molecular weight excluding hydrogens is 276 g/mol. The lowest BCUT2D eigenvalue weighted by Gasteiger charge is -2.12. The molecule has 0 spiro atoms. The highest BCUT2D eigenvalue weighted by Crippen LogP contribution is 2.22. The summed E-state index contributed by atoms with van der Waals surface area (Å²) in [5, 5.41) is 12.8. The van der Waals surface area contributed by atoms with Crippen LogP contribution in [0.2, 0.25) is 0 Å². The van der Waals surface area contributed by atoms with Crippen LogP contribution in [0.1, 0.15) is 19.4 Å². The summed E-state index contributed by atoms with van der Waals surface area (Å²) in [5.41, 5.74) is 1.90. The Morgan fingerprint density at radius 1 is 1.30 bits per heavy atom. The van der Waals surface area contributed by atoms with E-state index in [-0.39, 0.29) is 11.1 Å². The summed E-state index contributed by atoms with van der Waals surface area (Å²) in [6, 6.07) is 7.68. The zero-order valence-corrected chi connectivity index (χ0v) is 12.6. The molecule has 7 heteroatoms. The smallest absolute Gasteiger partial charge is 0.273 e. The third kappa shape index (κ3) is 3.05. The maximum atomic E-state index is 11.6. The van der Waals surface area contributed by atoms with Gasteiger partial charge in [0.05, 0.1) is 0 Å². The Hall–Kier alpha value is -1.73. The summed E-state index contributed by atoms with van der Waals surface area (Å²) in [6.45, 7) is 6.44. The van der Waals surface area contributed by atoms with Crippen LogP contribution in [0.15, 0.2) is 29.4 Å². The molecule has 2 aromatic rings. The van der Waals surface area contributed by atoms with Gasteiger partial charge in [0.15, 0.2) is 5.82 Å². The minimum absolute atomic E-state index is 0.192. The van der Waals surface area contributed by atoms with Crippen molar-refractivity contribution in [2.24, 2.45) is 11.1 Å². The van der Waals surface area contributed by atoms with Gasteiger partial charge >= 0.3 is 0 Å². The molecule has 1 heterocycles. The average molecular weight is 294 g/mol. The zero-order chi connectivity index (χ0) is 14.9. The summed E-state index contributed by atoms with van der Waals surface area (Å²) in [6.07, 6.45) is 0. The third-order valence-corrected chi connectivity index (χ3v) is 3.61. The van der Waals surface area contributed by atoms with Crippen molar-refractivity contribution in [2.45, 2.75) is 32.5 Å². The van der Waals surface area contributed by atoms with Crippen molar-refractivity contribution in [3.63, 3.8) is 0 Å². The van der Waals surface area contributed by atoms with Crippen molar-refractivity contribution < 1.29 is 8.42 Å². The first-order valence-electron chi connectivity index (χ1n) is 6.32. The van der Waals surface area contributed by atoms with E-state index in [0.29, 0.717) is 12.4 Å². The fourth-order valence-electron chi connectivity index (χ4n) is 2.03. The maximum absolute atomic E-state index is 11.6. The van der Waals surface area contributed by atoms with Gasteiger partial charge in [-0.25, -0.2) is 13.6 Å². The van der Waals surface area contributed by atoms with Gasteiger partial charge in [-0.3, -0.25) is 4.57 Å². The van der Waals surface area contributed by atoms with Gasteiger partial charge in [0, 0.05) is 12.1 Å². The number of primary sulfonamides is 1. The van der Waals surface area contributed by atoms with Crippen LogP contribution in [0.3, 0.4) is 0 Å². The Morgan fingerprint density at radius 3 is 2.55 bits per heavy atom. The van der Waals surface area contributed by atoms with Gasteiger partial charge in [-0.2, -0.15) is 0 Å². The van der Waals surface area contributed by atoms with Gasteiger partial charge in [0.2, 0.25) is 0 Å². The molecule has 0 unspecified atom stereocenters. The summed E-state index contributed by atoms with van der Waals surface area (Å²) >= 11 is 0. The van der Waals surface area contributed by atoms with E-state index in [0.717, 1.165) is 11.1 Å². The minimum atomic E-state index is -3.89. The second-order valence-electron chi connectivity index (χ2n) is 5.23. The number of nitrogens with two attached hydrogens (primary N) is 1. The molecule has 108 valence electrons. The lowest BCUT2D eigenvalue weighted by atomic mass is 10.1. The van der Waals surface area contributed by atoms with E-state index >= 15 is 0 Å². The number of benzene rings is 1. The molecule has 2 N–H and O–H groups in total. The molecule has 0 aliphatic heterocycles. The number of nitrogens with zero attached hydrogens (tertiary/aromatic N) is 3. The van der Waals surface area contributed by atoms with E-state index in [1.165, 1.54) is 0 Å². The van der Waals surface area contributed by atoms with Crippen LogP contribution in [0.5, 0.6) is 0 Å². The molecule has 1 aromatic heterocycles. The highest BCUT2D eigenvalue weighted by Gasteiger charge is 2.22. The SMILES string of the molecule is Cc1cccc(-c2nnc(S(N)(=O)=O)n2CC(C)C)c1. The van der Waals surface area contributed by atoms with E-state index in [2.05, 4.69) is 10.2 Å². The Balaban J connectivity index is 2.62. The quantitative estimate of drug-likeness (QED) is 0.926. The highest BCUT2D eigenvalue weighted by atomic mass is 32.2. The molecule has 20 heavy (non-hydrogen) atoms. The van der Waals surface area contributed by atoms with Crippen molar-refractivity contribution in [2.75, 3.05) is 0 Å². The molecule has 0 atom stereocenters. The Labute approximate surface area is 118 Å². The fourth-order valence-corrected chi connectivity index (χ4v) is 2.65. The second kappa shape index (κ2) is 5.34. The van der Waals surface area contributed by atoms with Gasteiger partial charge < -0.3 is 0 Å². The van der Waals surface area contributed by atoms with Crippen molar-refractivity contribution >= 4 is 10.0 Å². The maximum Gasteiger partial charge on any atom is 0.273 e. The standard InChI is InChI=1S/C13H18N4O2S/c1-9(2)8-17-12(11-6-4-5-10(3)7-11)15-16-13(17)20(14,18)19/h4-7,9H,8H2,1-3H3,(H2,14,18,19). The summed E-state index contributed by atoms with van der Waals surface area (Å²) < 4.78 is 24.8. The molecule has 1 aromatic carbocycles. The largest absolute Gasteiger partial charge is 0.296 e. The van der Waals surface area contributed by atoms with Crippen LogP contribution in [0, 0.1) is 12.8 Å². The number of rotatable bonds is 4. The third-order valence-electron chi connectivity index (χ3n) is 2.80. The molecule has 0 aliphatic rings. The van der Waals surface area contributed by atoms with Crippen LogP contribution in [-0.2, 0) is 16.6 Å². The lowest BCUT2D eigenvalue weighted by Crippen LogP contribution is -2.20. The first-order chi connectivity index (χ1) is 9.29. The number of aryl methyl sites for hydroxylation is 1. The predicted octanol–water partition coefficient (Wildman–Crippen LogP) is 1.56. The zero-order valence-electron chi connectivity index (χ0n) is 11.7. The van der Waals surface area contributed by atoms with Gasteiger partial charge in [-0.1, -0.05) is 37.6 Å². The van der Waals surface area contributed by atoms with Crippen molar-refractivity contribution in [3.8, 4) is 11.4 Å². The Kier molecular flexibility index (Phi) is 3.92. The number of sulfonamides is 1. The fraction of sp³-hybridized carbons (Fsp3) is 0.385. The van der Waals surface area contributed by atoms with Gasteiger partial charge in [-0.15, -0.1) is 10.2 Å². The topological polar surface area (TPSA) is 90.9 Å². The van der Waals surface area contributed by atoms with Gasteiger partial charge in [0.25, 0.3) is 15.2 Å². The lowest BCUT2D eigenvalue weighted by molar-refractivity contribution is 0.486.